The van der Waals surface area contributed by atoms with Gasteiger partial charge in [0, 0.05) is 0 Å². The van der Waals surface area contributed by atoms with Gasteiger partial charge in [-0.15, -0.1) is 0 Å². The average Bonchev–Trinajstić information content (AvgIpc) is 2.30. The lowest BCUT2D eigenvalue weighted by atomic mass is 9.89. The molecule has 1 heteroatoms. The van der Waals surface area contributed by atoms with Gasteiger partial charge >= 0.3 is 0 Å². The van der Waals surface area contributed by atoms with Crippen molar-refractivity contribution in [1.29, 1.82) is 0 Å². The monoisotopic (exact) mass is 235 g/mol. The van der Waals surface area contributed by atoms with E-state index in [1.165, 1.54) is 44.3 Å². The SMILES string of the molecule is C=C(C)C1CC=CCC1.CC1CNCC(C)C1. The third kappa shape index (κ3) is 6.07. The fraction of sp³-hybridized carbons (Fsp3) is 0.750. The van der Waals surface area contributed by atoms with Crippen LogP contribution in [0.5, 0.6) is 0 Å². The molecule has 3 atom stereocenters. The molecule has 3 unspecified atom stereocenters. The van der Waals surface area contributed by atoms with E-state index in [-0.39, 0.29) is 0 Å². The number of piperidine rings is 1. The van der Waals surface area contributed by atoms with Crippen molar-refractivity contribution >= 4 is 0 Å². The molecule has 0 amide bonds. The Hall–Kier alpha value is -0.560. The summed E-state index contributed by atoms with van der Waals surface area (Å²) in [7, 11) is 0. The Morgan fingerprint density at radius 2 is 1.82 bits per heavy atom. The molecule has 2 aliphatic rings. The van der Waals surface area contributed by atoms with E-state index < -0.39 is 0 Å². The third-order valence-electron chi connectivity index (χ3n) is 3.76. The van der Waals surface area contributed by atoms with Crippen LogP contribution in [0.3, 0.4) is 0 Å². The zero-order valence-corrected chi connectivity index (χ0v) is 11.8. The van der Waals surface area contributed by atoms with Crippen molar-refractivity contribution in [2.75, 3.05) is 13.1 Å². The van der Waals surface area contributed by atoms with Gasteiger partial charge in [0.05, 0.1) is 0 Å². The molecule has 1 aliphatic carbocycles. The zero-order chi connectivity index (χ0) is 12.7. The molecule has 1 heterocycles. The maximum absolute atomic E-state index is 3.94. The highest BCUT2D eigenvalue weighted by molar-refractivity contribution is 5.03. The van der Waals surface area contributed by atoms with Crippen molar-refractivity contribution in [3.63, 3.8) is 0 Å². The topological polar surface area (TPSA) is 12.0 Å². The van der Waals surface area contributed by atoms with Crippen molar-refractivity contribution in [3.8, 4) is 0 Å². The van der Waals surface area contributed by atoms with Crippen molar-refractivity contribution in [2.24, 2.45) is 17.8 Å². The lowest BCUT2D eigenvalue weighted by Gasteiger charge is -2.24. The van der Waals surface area contributed by atoms with E-state index in [1.54, 1.807) is 0 Å². The molecular formula is C16H29N. The quantitative estimate of drug-likeness (QED) is 0.673. The molecule has 0 aromatic rings. The molecule has 1 aliphatic heterocycles. The second-order valence-corrected chi connectivity index (χ2v) is 5.93. The predicted octanol–water partition coefficient (Wildman–Crippen LogP) is 4.17. The molecule has 2 rings (SSSR count). The fourth-order valence-electron chi connectivity index (χ4n) is 2.67. The summed E-state index contributed by atoms with van der Waals surface area (Å²) in [6.07, 6.45) is 9.72. The summed E-state index contributed by atoms with van der Waals surface area (Å²) in [6, 6.07) is 0. The zero-order valence-electron chi connectivity index (χ0n) is 11.8. The van der Waals surface area contributed by atoms with E-state index in [0.29, 0.717) is 0 Å². The van der Waals surface area contributed by atoms with E-state index in [2.05, 4.69) is 44.8 Å². The minimum Gasteiger partial charge on any atom is -0.316 e. The van der Waals surface area contributed by atoms with Gasteiger partial charge in [-0.05, 0) is 63.5 Å². The van der Waals surface area contributed by atoms with Gasteiger partial charge in [0.15, 0.2) is 0 Å². The summed E-state index contributed by atoms with van der Waals surface area (Å²) in [5, 5.41) is 3.38. The Morgan fingerprint density at radius 3 is 2.12 bits per heavy atom. The lowest BCUT2D eigenvalue weighted by Crippen LogP contribution is -2.33. The minimum absolute atomic E-state index is 0.773. The van der Waals surface area contributed by atoms with Crippen LogP contribution in [0.2, 0.25) is 0 Å². The second-order valence-electron chi connectivity index (χ2n) is 5.93. The van der Waals surface area contributed by atoms with Crippen molar-refractivity contribution in [3.05, 3.63) is 24.3 Å². The molecule has 0 bridgehead atoms. The first-order valence-electron chi connectivity index (χ1n) is 7.10. The number of rotatable bonds is 1. The Labute approximate surface area is 107 Å². The molecular weight excluding hydrogens is 206 g/mol. The van der Waals surface area contributed by atoms with Crippen LogP contribution < -0.4 is 5.32 Å². The maximum atomic E-state index is 3.94. The van der Waals surface area contributed by atoms with Crippen LogP contribution in [0.4, 0.5) is 0 Å². The Bertz CT molecular complexity index is 246. The average molecular weight is 235 g/mol. The van der Waals surface area contributed by atoms with Crippen molar-refractivity contribution < 1.29 is 0 Å². The van der Waals surface area contributed by atoms with E-state index >= 15 is 0 Å². The van der Waals surface area contributed by atoms with E-state index in [4.69, 9.17) is 0 Å². The smallest absolute Gasteiger partial charge is 0.00229 e. The number of allylic oxidation sites excluding steroid dienone is 3. The molecule has 0 spiro atoms. The number of hydrogen-bond donors (Lipinski definition) is 1. The van der Waals surface area contributed by atoms with Crippen LogP contribution in [-0.4, -0.2) is 13.1 Å². The van der Waals surface area contributed by atoms with Gasteiger partial charge in [0.1, 0.15) is 0 Å². The summed E-state index contributed by atoms with van der Waals surface area (Å²) in [6.45, 7) is 13.1. The predicted molar refractivity (Wildman–Crippen MR) is 77.1 cm³/mol. The highest BCUT2D eigenvalue weighted by Gasteiger charge is 2.13. The highest BCUT2D eigenvalue weighted by atomic mass is 14.9. The molecule has 1 fully saturated rings. The largest absolute Gasteiger partial charge is 0.316 e. The van der Waals surface area contributed by atoms with Crippen LogP contribution in [0.1, 0.15) is 46.5 Å². The van der Waals surface area contributed by atoms with Crippen LogP contribution in [0.25, 0.3) is 0 Å². The first-order valence-corrected chi connectivity index (χ1v) is 7.10. The van der Waals surface area contributed by atoms with Crippen LogP contribution in [-0.2, 0) is 0 Å². The molecule has 0 saturated carbocycles. The molecule has 1 nitrogen and oxygen atoms in total. The number of nitrogens with one attached hydrogen (secondary N) is 1. The molecule has 98 valence electrons. The third-order valence-corrected chi connectivity index (χ3v) is 3.76. The van der Waals surface area contributed by atoms with Gasteiger partial charge in [0.25, 0.3) is 0 Å². The molecule has 1 saturated heterocycles. The fourth-order valence-corrected chi connectivity index (χ4v) is 2.67. The highest BCUT2D eigenvalue weighted by Crippen LogP contribution is 2.23. The van der Waals surface area contributed by atoms with Gasteiger partial charge in [-0.1, -0.05) is 38.2 Å². The summed E-state index contributed by atoms with van der Waals surface area (Å²) in [5.41, 5.74) is 1.35. The van der Waals surface area contributed by atoms with Crippen LogP contribution in [0.15, 0.2) is 24.3 Å². The first kappa shape index (κ1) is 14.5. The van der Waals surface area contributed by atoms with Gasteiger partial charge in [0.2, 0.25) is 0 Å². The Balaban J connectivity index is 0.000000171. The molecule has 0 radical (unpaired) electrons. The second kappa shape index (κ2) is 7.71. The van der Waals surface area contributed by atoms with Crippen LogP contribution >= 0.6 is 0 Å². The first-order chi connectivity index (χ1) is 8.09. The summed E-state index contributed by atoms with van der Waals surface area (Å²) >= 11 is 0. The van der Waals surface area contributed by atoms with Gasteiger partial charge < -0.3 is 5.32 Å². The standard InChI is InChI=1S/C9H14.C7H15N/c1-8(2)9-6-4-3-5-7-9;1-6-3-7(2)5-8-4-6/h3-4,9H,1,5-7H2,2H3;6-8H,3-5H2,1-2H3. The van der Waals surface area contributed by atoms with Gasteiger partial charge in [-0.2, -0.15) is 0 Å². The normalized spacial score (nSPS) is 32.5. The number of hydrogen-bond acceptors (Lipinski definition) is 1. The van der Waals surface area contributed by atoms with E-state index in [1.807, 2.05) is 0 Å². The van der Waals surface area contributed by atoms with Crippen molar-refractivity contribution in [1.82, 2.24) is 5.32 Å². The Morgan fingerprint density at radius 1 is 1.18 bits per heavy atom. The maximum Gasteiger partial charge on any atom is -0.00229 e. The molecule has 0 aromatic carbocycles. The minimum atomic E-state index is 0.773. The van der Waals surface area contributed by atoms with Crippen molar-refractivity contribution in [2.45, 2.75) is 46.5 Å². The molecule has 17 heavy (non-hydrogen) atoms. The van der Waals surface area contributed by atoms with Gasteiger partial charge in [-0.3, -0.25) is 0 Å². The summed E-state index contributed by atoms with van der Waals surface area (Å²) in [5.74, 6) is 2.58. The molecule has 0 aromatic heterocycles. The van der Waals surface area contributed by atoms with Gasteiger partial charge in [-0.25, -0.2) is 0 Å². The van der Waals surface area contributed by atoms with E-state index in [0.717, 1.165) is 17.8 Å². The van der Waals surface area contributed by atoms with Crippen LogP contribution in [0, 0.1) is 17.8 Å². The summed E-state index contributed by atoms with van der Waals surface area (Å²) in [4.78, 5) is 0. The molecule has 1 N–H and O–H groups in total. The van der Waals surface area contributed by atoms with E-state index in [9.17, 15) is 0 Å². The Kier molecular flexibility index (Phi) is 6.57. The summed E-state index contributed by atoms with van der Waals surface area (Å²) < 4.78 is 0. The lowest BCUT2D eigenvalue weighted by molar-refractivity contribution is 0.321.